The van der Waals surface area contributed by atoms with E-state index in [0.29, 0.717) is 0 Å². The summed E-state index contributed by atoms with van der Waals surface area (Å²) in [6.07, 6.45) is 0. The van der Waals surface area contributed by atoms with Crippen molar-refractivity contribution in [1.82, 2.24) is 4.57 Å². The fraction of sp³-hybridized carbons (Fsp3) is 0.0137. The van der Waals surface area contributed by atoms with Gasteiger partial charge in [-0.05, 0) is 121 Å². The number of anilines is 3. The second-order valence-electron chi connectivity index (χ2n) is 19.5. The van der Waals surface area contributed by atoms with Crippen LogP contribution < -0.4 is 4.90 Å². The van der Waals surface area contributed by atoms with E-state index >= 15 is 0 Å². The second kappa shape index (κ2) is 18.4. The average molecular weight is 955 g/mol. The van der Waals surface area contributed by atoms with Gasteiger partial charge in [-0.25, -0.2) is 0 Å². The topological polar surface area (TPSA) is 8.17 Å². The van der Waals surface area contributed by atoms with Crippen molar-refractivity contribution in [2.24, 2.45) is 0 Å². The zero-order chi connectivity index (χ0) is 49.7. The van der Waals surface area contributed by atoms with E-state index in [1.165, 1.54) is 77.4 Å². The molecule has 0 saturated carbocycles. The van der Waals surface area contributed by atoms with E-state index in [0.717, 1.165) is 45.0 Å². The molecule has 0 radical (unpaired) electrons. The molecule has 2 heteroatoms. The van der Waals surface area contributed by atoms with E-state index in [1.54, 1.807) is 0 Å². The van der Waals surface area contributed by atoms with Crippen molar-refractivity contribution in [3.05, 3.63) is 326 Å². The smallest absolute Gasteiger partial charge is 0.0714 e. The van der Waals surface area contributed by atoms with Crippen LogP contribution in [0.5, 0.6) is 0 Å². The third-order valence-corrected chi connectivity index (χ3v) is 15.5. The van der Waals surface area contributed by atoms with Gasteiger partial charge in [-0.1, -0.05) is 249 Å². The molecular weight excluding hydrogens is 905 g/mol. The van der Waals surface area contributed by atoms with Gasteiger partial charge in [-0.15, -0.1) is 0 Å². The molecular formula is C73H50N2. The predicted molar refractivity (Wildman–Crippen MR) is 315 cm³/mol. The van der Waals surface area contributed by atoms with Crippen LogP contribution in [-0.2, 0) is 5.41 Å². The van der Waals surface area contributed by atoms with Crippen molar-refractivity contribution in [1.29, 1.82) is 0 Å². The van der Waals surface area contributed by atoms with Crippen LogP contribution in [0.1, 0.15) is 22.3 Å². The highest BCUT2D eigenvalue weighted by atomic mass is 15.1. The largest absolute Gasteiger partial charge is 0.309 e. The molecule has 0 saturated heterocycles. The molecule has 1 aliphatic carbocycles. The Morgan fingerprint density at radius 3 is 1.48 bits per heavy atom. The zero-order valence-electron chi connectivity index (χ0n) is 41.3. The molecule has 14 rings (SSSR count). The molecule has 0 atom stereocenters. The minimum Gasteiger partial charge on any atom is -0.309 e. The van der Waals surface area contributed by atoms with Crippen LogP contribution in [0, 0.1) is 0 Å². The first-order chi connectivity index (χ1) is 37.3. The Morgan fingerprint density at radius 2 is 0.760 bits per heavy atom. The van der Waals surface area contributed by atoms with E-state index in [4.69, 9.17) is 0 Å². The predicted octanol–water partition coefficient (Wildman–Crippen LogP) is 19.3. The molecule has 1 heterocycles. The molecule has 1 aliphatic rings. The van der Waals surface area contributed by atoms with Crippen molar-refractivity contribution >= 4 is 38.9 Å². The molecule has 13 aromatic rings. The van der Waals surface area contributed by atoms with Crippen LogP contribution in [0.3, 0.4) is 0 Å². The summed E-state index contributed by atoms with van der Waals surface area (Å²) >= 11 is 0. The van der Waals surface area contributed by atoms with Crippen molar-refractivity contribution in [3.63, 3.8) is 0 Å². The van der Waals surface area contributed by atoms with Gasteiger partial charge in [0.25, 0.3) is 0 Å². The molecule has 1 aromatic heterocycles. The standard InChI is InChI=1S/C73H50N2/c1-5-25-51(26-6-1)58-35-13-14-36-59(58)60-37-15-16-38-61(60)62-39-18-21-44-68(62)75(57-34-23-27-52(49-57)53-47-48-70-65(50-53)63-40-19-22-45-69(63)74(70)56-32-11-4-12-33-56)71-46-24-43-67-72(71)64-41-17-20-42-66(64)73(67,54-28-7-2-8-29-54)55-30-9-3-10-31-55/h1-50H. The van der Waals surface area contributed by atoms with Gasteiger partial charge in [0.15, 0.2) is 0 Å². The van der Waals surface area contributed by atoms with Gasteiger partial charge in [0.05, 0.1) is 27.8 Å². The molecule has 0 amide bonds. The van der Waals surface area contributed by atoms with Crippen LogP contribution in [-0.4, -0.2) is 4.57 Å². The summed E-state index contributed by atoms with van der Waals surface area (Å²) in [4.78, 5) is 2.54. The van der Waals surface area contributed by atoms with Crippen LogP contribution in [0.2, 0.25) is 0 Å². The van der Waals surface area contributed by atoms with Gasteiger partial charge in [0, 0.05) is 33.3 Å². The SMILES string of the molecule is c1ccc(-c2ccccc2-c2ccccc2-c2ccccc2N(c2cccc(-c3ccc4c(c3)c3ccccc3n4-c3ccccc3)c2)c2cccc3c2-c2ccccc2C3(c2ccccc2)c2ccccc2)cc1. The fourth-order valence-corrected chi connectivity index (χ4v) is 12.3. The zero-order valence-corrected chi connectivity index (χ0v) is 41.3. The van der Waals surface area contributed by atoms with Crippen LogP contribution in [0.4, 0.5) is 17.1 Å². The normalized spacial score (nSPS) is 12.4. The summed E-state index contributed by atoms with van der Waals surface area (Å²) < 4.78 is 2.39. The number of rotatable bonds is 10. The van der Waals surface area contributed by atoms with Crippen molar-refractivity contribution < 1.29 is 0 Å². The van der Waals surface area contributed by atoms with Gasteiger partial charge in [-0.3, -0.25) is 0 Å². The van der Waals surface area contributed by atoms with Crippen molar-refractivity contribution in [3.8, 4) is 61.3 Å². The Bertz CT molecular complexity index is 4190. The molecule has 0 N–H and O–H groups in total. The van der Waals surface area contributed by atoms with Crippen molar-refractivity contribution in [2.75, 3.05) is 4.90 Å². The monoisotopic (exact) mass is 954 g/mol. The molecule has 12 aromatic carbocycles. The molecule has 0 spiro atoms. The third kappa shape index (κ3) is 7.17. The maximum atomic E-state index is 2.54. The summed E-state index contributed by atoms with van der Waals surface area (Å²) in [6.45, 7) is 0. The molecule has 0 aliphatic heterocycles. The van der Waals surface area contributed by atoms with Crippen molar-refractivity contribution in [2.45, 2.75) is 5.41 Å². The average Bonchev–Trinajstić information content (AvgIpc) is 4.12. The van der Waals surface area contributed by atoms with E-state index < -0.39 is 5.41 Å². The van der Waals surface area contributed by atoms with Gasteiger partial charge >= 0.3 is 0 Å². The summed E-state index contributed by atoms with van der Waals surface area (Å²) in [5.41, 5.74) is 23.0. The third-order valence-electron chi connectivity index (χ3n) is 15.5. The fourth-order valence-electron chi connectivity index (χ4n) is 12.3. The Balaban J connectivity index is 1.02. The summed E-state index contributed by atoms with van der Waals surface area (Å²) in [7, 11) is 0. The Kier molecular flexibility index (Phi) is 10.8. The van der Waals surface area contributed by atoms with Crippen LogP contribution >= 0.6 is 0 Å². The highest BCUT2D eigenvalue weighted by Crippen LogP contribution is 2.60. The van der Waals surface area contributed by atoms with Gasteiger partial charge in [0.1, 0.15) is 0 Å². The number of aromatic nitrogens is 1. The lowest BCUT2D eigenvalue weighted by Gasteiger charge is -2.34. The Morgan fingerprint density at radius 1 is 0.280 bits per heavy atom. The maximum Gasteiger partial charge on any atom is 0.0714 e. The van der Waals surface area contributed by atoms with Gasteiger partial charge in [0.2, 0.25) is 0 Å². The molecule has 352 valence electrons. The lowest BCUT2D eigenvalue weighted by molar-refractivity contribution is 0.768. The summed E-state index contributed by atoms with van der Waals surface area (Å²) in [6, 6.07) is 111. The molecule has 75 heavy (non-hydrogen) atoms. The number of fused-ring (bicyclic) bond motifs is 6. The summed E-state index contributed by atoms with van der Waals surface area (Å²) in [5, 5.41) is 2.46. The lowest BCUT2D eigenvalue weighted by Crippen LogP contribution is -2.28. The second-order valence-corrected chi connectivity index (χ2v) is 19.5. The number of hydrogen-bond donors (Lipinski definition) is 0. The van der Waals surface area contributed by atoms with Gasteiger partial charge < -0.3 is 9.47 Å². The molecule has 2 nitrogen and oxygen atoms in total. The maximum absolute atomic E-state index is 2.54. The minimum atomic E-state index is -0.570. The number of hydrogen-bond acceptors (Lipinski definition) is 1. The highest BCUT2D eigenvalue weighted by molar-refractivity contribution is 6.11. The number of para-hydroxylation sites is 3. The first kappa shape index (κ1) is 44.0. The summed E-state index contributed by atoms with van der Waals surface area (Å²) in [5.74, 6) is 0. The number of benzene rings is 12. The van der Waals surface area contributed by atoms with E-state index in [2.05, 4.69) is 313 Å². The van der Waals surface area contributed by atoms with E-state index in [9.17, 15) is 0 Å². The first-order valence-corrected chi connectivity index (χ1v) is 25.9. The molecule has 0 unspecified atom stereocenters. The quantitative estimate of drug-likeness (QED) is 0.133. The first-order valence-electron chi connectivity index (χ1n) is 25.9. The number of nitrogens with zero attached hydrogens (tertiary/aromatic N) is 2. The minimum absolute atomic E-state index is 0.570. The molecule has 0 fully saturated rings. The molecule has 0 bridgehead atoms. The Labute approximate surface area is 438 Å². The highest BCUT2D eigenvalue weighted by Gasteiger charge is 2.47. The van der Waals surface area contributed by atoms with Crippen LogP contribution in [0.15, 0.2) is 303 Å². The van der Waals surface area contributed by atoms with Gasteiger partial charge in [-0.2, -0.15) is 0 Å². The lowest BCUT2D eigenvalue weighted by atomic mass is 9.68. The van der Waals surface area contributed by atoms with E-state index in [-0.39, 0.29) is 0 Å². The van der Waals surface area contributed by atoms with Crippen LogP contribution in [0.25, 0.3) is 83.1 Å². The Hall–Kier alpha value is -9.76. The van der Waals surface area contributed by atoms with E-state index in [1.807, 2.05) is 0 Å².